The summed E-state index contributed by atoms with van der Waals surface area (Å²) in [5.41, 5.74) is 5.66. The molecule has 0 aromatic carbocycles. The van der Waals surface area contributed by atoms with Crippen LogP contribution < -0.4 is 11.1 Å². The molecule has 0 bridgehead atoms. The quantitative estimate of drug-likeness (QED) is 0.822. The van der Waals surface area contributed by atoms with Gasteiger partial charge >= 0.3 is 6.03 Å². The van der Waals surface area contributed by atoms with Gasteiger partial charge in [-0.2, -0.15) is 0 Å². The molecule has 0 unspecified atom stereocenters. The van der Waals surface area contributed by atoms with Crippen molar-refractivity contribution in [3.8, 4) is 0 Å². The van der Waals surface area contributed by atoms with Crippen LogP contribution in [0.1, 0.15) is 12.8 Å². The van der Waals surface area contributed by atoms with Crippen molar-refractivity contribution < 1.29 is 18.0 Å². The van der Waals surface area contributed by atoms with Gasteiger partial charge in [0.1, 0.15) is 0 Å². The van der Waals surface area contributed by atoms with Gasteiger partial charge in [-0.25, -0.2) is 18.2 Å². The molecule has 22 heavy (non-hydrogen) atoms. The van der Waals surface area contributed by atoms with Crippen LogP contribution in [0.3, 0.4) is 0 Å². The second-order valence-electron chi connectivity index (χ2n) is 5.25. The van der Waals surface area contributed by atoms with Gasteiger partial charge in [0.2, 0.25) is 5.91 Å². The van der Waals surface area contributed by atoms with Gasteiger partial charge in [0.05, 0.1) is 11.9 Å². The number of nitrogens with one attached hydrogen (secondary N) is 1. The van der Waals surface area contributed by atoms with E-state index in [1.54, 1.807) is 4.90 Å². The number of nitrogens with zero attached hydrogens (tertiary/aromatic N) is 2. The standard InChI is InChI=1S/C13H18N4O4S/c1-22(20,21)11-3-2-10(8-15-11)16-13(19)17-6-4-9(5-7-17)12(14)18/h2-3,8-9H,4-7H2,1H3,(H2,14,18)(H,16,19). The van der Waals surface area contributed by atoms with Gasteiger partial charge in [-0.3, -0.25) is 4.79 Å². The molecule has 3 N–H and O–H groups in total. The van der Waals surface area contributed by atoms with Crippen molar-refractivity contribution in [2.75, 3.05) is 24.7 Å². The summed E-state index contributed by atoms with van der Waals surface area (Å²) in [6, 6.07) is 2.51. The number of carbonyl (C=O) groups is 2. The zero-order valence-corrected chi connectivity index (χ0v) is 13.0. The number of anilines is 1. The molecule has 0 atom stereocenters. The zero-order valence-electron chi connectivity index (χ0n) is 12.2. The molecule has 1 fully saturated rings. The molecule has 0 radical (unpaired) electrons. The van der Waals surface area contributed by atoms with E-state index in [0.717, 1.165) is 6.26 Å². The first-order chi connectivity index (χ1) is 10.3. The predicted octanol–water partition coefficient (Wildman–Crippen LogP) is 0.214. The minimum absolute atomic E-state index is 0.0484. The van der Waals surface area contributed by atoms with Crippen LogP contribution in [0.15, 0.2) is 23.4 Å². The molecular weight excluding hydrogens is 308 g/mol. The van der Waals surface area contributed by atoms with E-state index in [1.807, 2.05) is 0 Å². The van der Waals surface area contributed by atoms with Crippen LogP contribution in [0.25, 0.3) is 0 Å². The lowest BCUT2D eigenvalue weighted by Gasteiger charge is -2.30. The molecule has 9 heteroatoms. The minimum atomic E-state index is -3.36. The number of aromatic nitrogens is 1. The SMILES string of the molecule is CS(=O)(=O)c1ccc(NC(=O)N2CCC(C(N)=O)CC2)cn1. The number of sulfone groups is 1. The minimum Gasteiger partial charge on any atom is -0.369 e. The van der Waals surface area contributed by atoms with E-state index in [2.05, 4.69) is 10.3 Å². The van der Waals surface area contributed by atoms with Gasteiger partial charge in [0.15, 0.2) is 14.9 Å². The third-order valence-corrected chi connectivity index (χ3v) is 4.55. The molecule has 1 aromatic heterocycles. The zero-order chi connectivity index (χ0) is 16.3. The Labute approximate surface area is 128 Å². The van der Waals surface area contributed by atoms with Crippen LogP contribution in [0.5, 0.6) is 0 Å². The second-order valence-corrected chi connectivity index (χ2v) is 7.21. The van der Waals surface area contributed by atoms with Gasteiger partial charge in [-0.15, -0.1) is 0 Å². The molecular formula is C13H18N4O4S. The smallest absolute Gasteiger partial charge is 0.321 e. The van der Waals surface area contributed by atoms with Crippen LogP contribution in [-0.4, -0.2) is 49.6 Å². The van der Waals surface area contributed by atoms with E-state index in [0.29, 0.717) is 31.6 Å². The second kappa shape index (κ2) is 6.30. The first kappa shape index (κ1) is 16.2. The van der Waals surface area contributed by atoms with E-state index in [4.69, 9.17) is 5.73 Å². The highest BCUT2D eigenvalue weighted by molar-refractivity contribution is 7.90. The highest BCUT2D eigenvalue weighted by Gasteiger charge is 2.25. The highest BCUT2D eigenvalue weighted by atomic mass is 32.2. The number of hydrogen-bond donors (Lipinski definition) is 2. The maximum Gasteiger partial charge on any atom is 0.321 e. The third kappa shape index (κ3) is 3.94. The molecule has 0 saturated carbocycles. The van der Waals surface area contributed by atoms with Gasteiger partial charge < -0.3 is 16.0 Å². The molecule has 2 heterocycles. The van der Waals surface area contributed by atoms with Crippen molar-refractivity contribution in [1.29, 1.82) is 0 Å². The fourth-order valence-corrected chi connectivity index (χ4v) is 2.80. The Bertz CT molecular complexity index is 664. The van der Waals surface area contributed by atoms with Crippen LogP contribution in [0.2, 0.25) is 0 Å². The largest absolute Gasteiger partial charge is 0.369 e. The van der Waals surface area contributed by atoms with Crippen molar-refractivity contribution >= 4 is 27.5 Å². The van der Waals surface area contributed by atoms with Gasteiger partial charge in [-0.1, -0.05) is 0 Å². The van der Waals surface area contributed by atoms with Gasteiger partial charge in [0, 0.05) is 25.3 Å². The average Bonchev–Trinajstić information content (AvgIpc) is 2.47. The normalized spacial score (nSPS) is 16.3. The monoisotopic (exact) mass is 326 g/mol. The molecule has 1 aromatic rings. The molecule has 0 spiro atoms. The van der Waals surface area contributed by atoms with Crippen LogP contribution in [0, 0.1) is 5.92 Å². The fourth-order valence-electron chi connectivity index (χ4n) is 2.24. The predicted molar refractivity (Wildman–Crippen MR) is 79.9 cm³/mol. The number of piperidine rings is 1. The Morgan fingerprint density at radius 3 is 2.41 bits per heavy atom. The van der Waals surface area contributed by atoms with E-state index < -0.39 is 9.84 Å². The summed E-state index contributed by atoms with van der Waals surface area (Å²) >= 11 is 0. The number of primary amides is 1. The molecule has 0 aliphatic carbocycles. The van der Waals surface area contributed by atoms with Crippen LogP contribution >= 0.6 is 0 Å². The average molecular weight is 326 g/mol. The number of carbonyl (C=O) groups excluding carboxylic acids is 2. The Hall–Kier alpha value is -2.16. The van der Waals surface area contributed by atoms with E-state index in [1.165, 1.54) is 18.3 Å². The first-order valence-electron chi connectivity index (χ1n) is 6.79. The number of likely N-dealkylation sites (tertiary alicyclic amines) is 1. The van der Waals surface area contributed by atoms with Crippen LogP contribution in [0.4, 0.5) is 10.5 Å². The topological polar surface area (TPSA) is 122 Å². The first-order valence-corrected chi connectivity index (χ1v) is 8.68. The lowest BCUT2D eigenvalue weighted by molar-refractivity contribution is -0.122. The molecule has 1 aliphatic rings. The van der Waals surface area contributed by atoms with Crippen molar-refractivity contribution in [3.63, 3.8) is 0 Å². The van der Waals surface area contributed by atoms with Crippen molar-refractivity contribution in [1.82, 2.24) is 9.88 Å². The van der Waals surface area contributed by atoms with E-state index >= 15 is 0 Å². The molecule has 2 rings (SSSR count). The molecule has 120 valence electrons. The Morgan fingerprint density at radius 1 is 1.32 bits per heavy atom. The summed E-state index contributed by atoms with van der Waals surface area (Å²) in [5, 5.41) is 2.60. The number of amides is 3. The Balaban J connectivity index is 1.94. The summed E-state index contributed by atoms with van der Waals surface area (Å²) < 4.78 is 22.6. The number of pyridine rings is 1. The van der Waals surface area contributed by atoms with E-state index in [9.17, 15) is 18.0 Å². The number of nitrogens with two attached hydrogens (primary N) is 1. The Kier molecular flexibility index (Phi) is 4.65. The van der Waals surface area contributed by atoms with Gasteiger partial charge in [0.25, 0.3) is 0 Å². The molecule has 8 nitrogen and oxygen atoms in total. The van der Waals surface area contributed by atoms with E-state index in [-0.39, 0.29) is 22.9 Å². The molecule has 3 amide bonds. The maximum atomic E-state index is 12.1. The molecule has 1 saturated heterocycles. The van der Waals surface area contributed by atoms with Gasteiger partial charge in [-0.05, 0) is 25.0 Å². The number of rotatable bonds is 3. The van der Waals surface area contributed by atoms with Crippen molar-refractivity contribution in [2.45, 2.75) is 17.9 Å². The summed E-state index contributed by atoms with van der Waals surface area (Å²) in [5.74, 6) is -0.514. The molecule has 1 aliphatic heterocycles. The van der Waals surface area contributed by atoms with Crippen LogP contribution in [-0.2, 0) is 14.6 Å². The Morgan fingerprint density at radius 2 is 1.95 bits per heavy atom. The summed E-state index contributed by atoms with van der Waals surface area (Å²) in [6.07, 6.45) is 3.46. The number of hydrogen-bond acceptors (Lipinski definition) is 5. The fraction of sp³-hybridized carbons (Fsp3) is 0.462. The van der Waals surface area contributed by atoms with Crippen molar-refractivity contribution in [2.24, 2.45) is 11.7 Å². The lowest BCUT2D eigenvalue weighted by Crippen LogP contribution is -2.43. The summed E-state index contributed by atoms with van der Waals surface area (Å²) in [6.45, 7) is 0.905. The summed E-state index contributed by atoms with van der Waals surface area (Å²) in [4.78, 5) is 28.5. The lowest BCUT2D eigenvalue weighted by atomic mass is 9.96. The maximum absolute atomic E-state index is 12.1. The summed E-state index contributed by atoms with van der Waals surface area (Å²) in [7, 11) is -3.36. The number of urea groups is 1. The van der Waals surface area contributed by atoms with Crippen molar-refractivity contribution in [3.05, 3.63) is 18.3 Å². The highest BCUT2D eigenvalue weighted by Crippen LogP contribution is 2.18. The third-order valence-electron chi connectivity index (χ3n) is 3.55.